The van der Waals surface area contributed by atoms with Crippen molar-refractivity contribution >= 4 is 21.8 Å². The maximum atomic E-state index is 11.8. The van der Waals surface area contributed by atoms with E-state index in [9.17, 15) is 4.79 Å². The Morgan fingerprint density at radius 1 is 1.29 bits per heavy atom. The molecule has 1 saturated heterocycles. The van der Waals surface area contributed by atoms with Crippen molar-refractivity contribution in [2.75, 3.05) is 25.0 Å². The van der Waals surface area contributed by atoms with Crippen molar-refractivity contribution in [2.24, 2.45) is 23.5 Å². The second kappa shape index (κ2) is 6.19. The SMILES string of the molecule is NC[C@@H]1CCC[C@H](CN2CC(CBr)CC2=O)C1. The molecule has 2 aliphatic rings. The van der Waals surface area contributed by atoms with Crippen molar-refractivity contribution in [2.45, 2.75) is 32.1 Å². The number of nitrogens with two attached hydrogens (primary N) is 1. The predicted molar refractivity (Wildman–Crippen MR) is 73.0 cm³/mol. The molecule has 4 heteroatoms. The number of likely N-dealkylation sites (tertiary alicyclic amines) is 1. The number of rotatable bonds is 4. The Kier molecular flexibility index (Phi) is 4.86. The Balaban J connectivity index is 1.82. The quantitative estimate of drug-likeness (QED) is 0.807. The number of carbonyl (C=O) groups excluding carboxylic acids is 1. The van der Waals surface area contributed by atoms with Gasteiger partial charge in [-0.1, -0.05) is 22.4 Å². The van der Waals surface area contributed by atoms with E-state index in [0.29, 0.717) is 23.7 Å². The van der Waals surface area contributed by atoms with E-state index in [1.54, 1.807) is 0 Å². The molecule has 1 aliphatic carbocycles. The highest BCUT2D eigenvalue weighted by molar-refractivity contribution is 9.09. The lowest BCUT2D eigenvalue weighted by molar-refractivity contribution is -0.128. The smallest absolute Gasteiger partial charge is 0.222 e. The van der Waals surface area contributed by atoms with E-state index >= 15 is 0 Å². The fourth-order valence-corrected chi connectivity index (χ4v) is 3.66. The van der Waals surface area contributed by atoms with Crippen molar-refractivity contribution in [1.29, 1.82) is 0 Å². The van der Waals surface area contributed by atoms with Gasteiger partial charge in [-0.15, -0.1) is 0 Å². The zero-order chi connectivity index (χ0) is 12.3. The van der Waals surface area contributed by atoms with Gasteiger partial charge in [0.15, 0.2) is 0 Å². The fourth-order valence-electron chi connectivity index (χ4n) is 3.23. The van der Waals surface area contributed by atoms with E-state index in [0.717, 1.165) is 31.4 Å². The molecule has 0 aromatic rings. The van der Waals surface area contributed by atoms with Crippen molar-refractivity contribution in [3.05, 3.63) is 0 Å². The van der Waals surface area contributed by atoms with Gasteiger partial charge in [-0.05, 0) is 43.6 Å². The lowest BCUT2D eigenvalue weighted by Gasteiger charge is -2.31. The number of alkyl halides is 1. The molecule has 0 radical (unpaired) electrons. The molecule has 3 atom stereocenters. The highest BCUT2D eigenvalue weighted by Gasteiger charge is 2.31. The molecule has 0 spiro atoms. The number of amides is 1. The summed E-state index contributed by atoms with van der Waals surface area (Å²) in [6, 6.07) is 0. The molecule has 0 bridgehead atoms. The van der Waals surface area contributed by atoms with Crippen LogP contribution in [0.3, 0.4) is 0 Å². The summed E-state index contributed by atoms with van der Waals surface area (Å²) in [5.41, 5.74) is 5.76. The van der Waals surface area contributed by atoms with Crippen molar-refractivity contribution < 1.29 is 4.79 Å². The van der Waals surface area contributed by atoms with Crippen LogP contribution < -0.4 is 5.73 Å². The third kappa shape index (κ3) is 3.44. The Morgan fingerprint density at radius 2 is 2.06 bits per heavy atom. The largest absolute Gasteiger partial charge is 0.342 e. The van der Waals surface area contributed by atoms with Crippen LogP contribution >= 0.6 is 15.9 Å². The summed E-state index contributed by atoms with van der Waals surface area (Å²) >= 11 is 3.48. The molecule has 1 unspecified atom stereocenters. The third-order valence-corrected chi connectivity index (χ3v) is 5.13. The fraction of sp³-hybridized carbons (Fsp3) is 0.923. The molecule has 1 saturated carbocycles. The summed E-state index contributed by atoms with van der Waals surface area (Å²) < 4.78 is 0. The van der Waals surface area contributed by atoms with Gasteiger partial charge in [-0.2, -0.15) is 0 Å². The third-order valence-electron chi connectivity index (χ3n) is 4.22. The minimum Gasteiger partial charge on any atom is -0.342 e. The normalized spacial score (nSPS) is 34.4. The molecule has 1 amide bonds. The summed E-state index contributed by atoms with van der Waals surface area (Å²) in [5.74, 6) is 2.26. The van der Waals surface area contributed by atoms with E-state index < -0.39 is 0 Å². The maximum absolute atomic E-state index is 11.8. The van der Waals surface area contributed by atoms with E-state index in [4.69, 9.17) is 5.73 Å². The average molecular weight is 303 g/mol. The van der Waals surface area contributed by atoms with Gasteiger partial charge >= 0.3 is 0 Å². The van der Waals surface area contributed by atoms with E-state index in [-0.39, 0.29) is 0 Å². The number of hydrogen-bond acceptors (Lipinski definition) is 2. The lowest BCUT2D eigenvalue weighted by atomic mass is 9.81. The second-order valence-corrected chi connectivity index (χ2v) is 6.31. The molecule has 1 aliphatic heterocycles. The van der Waals surface area contributed by atoms with Crippen molar-refractivity contribution in [3.8, 4) is 0 Å². The zero-order valence-electron chi connectivity index (χ0n) is 10.4. The monoisotopic (exact) mass is 302 g/mol. The van der Waals surface area contributed by atoms with Gasteiger partial charge in [-0.25, -0.2) is 0 Å². The van der Waals surface area contributed by atoms with Crippen LogP contribution in [0.2, 0.25) is 0 Å². The molecule has 0 aromatic carbocycles. The lowest BCUT2D eigenvalue weighted by Crippen LogP contribution is -2.34. The topological polar surface area (TPSA) is 46.3 Å². The van der Waals surface area contributed by atoms with E-state index in [1.807, 2.05) is 0 Å². The summed E-state index contributed by atoms with van der Waals surface area (Å²) in [5, 5.41) is 0.950. The highest BCUT2D eigenvalue weighted by atomic mass is 79.9. The van der Waals surface area contributed by atoms with Crippen LogP contribution in [0.4, 0.5) is 0 Å². The minimum atomic E-state index is 0.351. The minimum absolute atomic E-state index is 0.351. The summed E-state index contributed by atoms with van der Waals surface area (Å²) in [6.45, 7) is 2.74. The number of nitrogens with zero attached hydrogens (tertiary/aromatic N) is 1. The van der Waals surface area contributed by atoms with Crippen LogP contribution in [-0.4, -0.2) is 35.8 Å². The Hall–Kier alpha value is -0.0900. The maximum Gasteiger partial charge on any atom is 0.222 e. The molecule has 3 nitrogen and oxygen atoms in total. The van der Waals surface area contributed by atoms with E-state index in [1.165, 1.54) is 25.7 Å². The second-order valence-electron chi connectivity index (χ2n) is 5.66. The van der Waals surface area contributed by atoms with Gasteiger partial charge in [0, 0.05) is 24.8 Å². The predicted octanol–water partition coefficient (Wildman–Crippen LogP) is 1.99. The summed E-state index contributed by atoms with van der Waals surface area (Å²) in [6.07, 6.45) is 5.80. The first kappa shape index (κ1) is 13.3. The molecule has 2 rings (SSSR count). The average Bonchev–Trinajstić information content (AvgIpc) is 2.70. The van der Waals surface area contributed by atoms with Gasteiger partial charge < -0.3 is 10.6 Å². The molecule has 2 fully saturated rings. The standard InChI is InChI=1S/C13H23BrN2O/c14-6-12-5-13(17)16(9-12)8-11-3-1-2-10(4-11)7-15/h10-12H,1-9,15H2/t10-,11+,12?/m1/s1. The van der Waals surface area contributed by atoms with Crippen LogP contribution in [0.1, 0.15) is 32.1 Å². The number of halogens is 1. The highest BCUT2D eigenvalue weighted by Crippen LogP contribution is 2.30. The van der Waals surface area contributed by atoms with Gasteiger partial charge in [0.05, 0.1) is 0 Å². The molecule has 2 N–H and O–H groups in total. The van der Waals surface area contributed by atoms with Gasteiger partial charge in [0.2, 0.25) is 5.91 Å². The van der Waals surface area contributed by atoms with Crippen molar-refractivity contribution in [1.82, 2.24) is 4.90 Å². The molecular formula is C13H23BrN2O. The van der Waals surface area contributed by atoms with Crippen LogP contribution in [-0.2, 0) is 4.79 Å². The van der Waals surface area contributed by atoms with E-state index in [2.05, 4.69) is 20.8 Å². The van der Waals surface area contributed by atoms with Gasteiger partial charge in [0.25, 0.3) is 0 Å². The molecular weight excluding hydrogens is 280 g/mol. The van der Waals surface area contributed by atoms with Gasteiger partial charge in [-0.3, -0.25) is 4.79 Å². The molecule has 98 valence electrons. The van der Waals surface area contributed by atoms with Gasteiger partial charge in [0.1, 0.15) is 0 Å². The zero-order valence-corrected chi connectivity index (χ0v) is 12.0. The first-order valence-corrected chi connectivity index (χ1v) is 7.88. The first-order valence-electron chi connectivity index (χ1n) is 6.76. The van der Waals surface area contributed by atoms with Crippen molar-refractivity contribution in [3.63, 3.8) is 0 Å². The first-order chi connectivity index (χ1) is 8.22. The van der Waals surface area contributed by atoms with Crippen LogP contribution in [0.5, 0.6) is 0 Å². The summed E-state index contributed by atoms with van der Waals surface area (Å²) in [4.78, 5) is 13.9. The number of hydrogen-bond donors (Lipinski definition) is 1. The number of carbonyl (C=O) groups is 1. The molecule has 1 heterocycles. The Morgan fingerprint density at radius 3 is 2.71 bits per heavy atom. The molecule has 17 heavy (non-hydrogen) atoms. The Bertz CT molecular complexity index is 272. The van der Waals surface area contributed by atoms with Crippen LogP contribution in [0, 0.1) is 17.8 Å². The Labute approximate surface area is 112 Å². The van der Waals surface area contributed by atoms with Crippen LogP contribution in [0.15, 0.2) is 0 Å². The summed E-state index contributed by atoms with van der Waals surface area (Å²) in [7, 11) is 0. The van der Waals surface area contributed by atoms with Crippen LogP contribution in [0.25, 0.3) is 0 Å². The molecule has 0 aromatic heterocycles.